The van der Waals surface area contributed by atoms with Gasteiger partial charge < -0.3 is 9.26 Å². The molecule has 0 aliphatic carbocycles. The van der Waals surface area contributed by atoms with Crippen LogP contribution in [0.3, 0.4) is 0 Å². The second-order valence-electron chi connectivity index (χ2n) is 7.51. The highest BCUT2D eigenvalue weighted by molar-refractivity contribution is 7.18. The molecular formula is C23H24N4O2S. The zero-order valence-corrected chi connectivity index (χ0v) is 17.8. The van der Waals surface area contributed by atoms with Crippen molar-refractivity contribution in [3.05, 3.63) is 59.4 Å². The van der Waals surface area contributed by atoms with Crippen molar-refractivity contribution < 1.29 is 9.26 Å². The Morgan fingerprint density at radius 1 is 1.07 bits per heavy atom. The molecule has 1 saturated heterocycles. The Kier molecular flexibility index (Phi) is 5.46. The summed E-state index contributed by atoms with van der Waals surface area (Å²) in [6.07, 6.45) is 2.21. The number of hydrogen-bond donors (Lipinski definition) is 0. The summed E-state index contributed by atoms with van der Waals surface area (Å²) in [5.74, 6) is 2.55. The van der Waals surface area contributed by atoms with E-state index in [2.05, 4.69) is 39.3 Å². The smallest absolute Gasteiger partial charge is 0.241 e. The van der Waals surface area contributed by atoms with Crippen molar-refractivity contribution in [2.75, 3.05) is 19.7 Å². The predicted molar refractivity (Wildman–Crippen MR) is 118 cm³/mol. The molecule has 0 unspecified atom stereocenters. The van der Waals surface area contributed by atoms with Crippen LogP contribution in [0.5, 0.6) is 5.75 Å². The maximum Gasteiger partial charge on any atom is 0.241 e. The molecule has 4 aromatic rings. The third-order valence-corrected chi connectivity index (χ3v) is 6.70. The van der Waals surface area contributed by atoms with Gasteiger partial charge in [-0.3, -0.25) is 4.90 Å². The van der Waals surface area contributed by atoms with Gasteiger partial charge in [-0.05, 0) is 57.1 Å². The average Bonchev–Trinajstić information content (AvgIpc) is 3.42. The van der Waals surface area contributed by atoms with Crippen LogP contribution < -0.4 is 4.74 Å². The van der Waals surface area contributed by atoms with Crippen molar-refractivity contribution in [1.29, 1.82) is 0 Å². The largest absolute Gasteiger partial charge is 0.493 e. The Bertz CT molecular complexity index is 1100. The quantitative estimate of drug-likeness (QED) is 0.431. The van der Waals surface area contributed by atoms with E-state index in [1.165, 1.54) is 9.71 Å². The zero-order chi connectivity index (χ0) is 20.3. The fourth-order valence-electron chi connectivity index (χ4n) is 3.96. The molecule has 1 aliphatic heterocycles. The van der Waals surface area contributed by atoms with Gasteiger partial charge in [-0.1, -0.05) is 29.4 Å². The lowest BCUT2D eigenvalue weighted by Crippen LogP contribution is -2.32. The van der Waals surface area contributed by atoms with Crippen molar-refractivity contribution in [2.45, 2.75) is 32.2 Å². The molecule has 154 valence electrons. The lowest BCUT2D eigenvalue weighted by molar-refractivity contribution is 0.181. The van der Waals surface area contributed by atoms with E-state index in [0.717, 1.165) is 42.8 Å². The molecule has 0 amide bonds. The summed E-state index contributed by atoms with van der Waals surface area (Å²) in [7, 11) is 0. The Labute approximate surface area is 179 Å². The van der Waals surface area contributed by atoms with E-state index in [4.69, 9.17) is 14.2 Å². The number of benzene rings is 2. The van der Waals surface area contributed by atoms with E-state index in [-0.39, 0.29) is 0 Å². The number of likely N-dealkylation sites (tertiary alicyclic amines) is 1. The number of nitrogens with zero attached hydrogens (tertiary/aromatic N) is 4. The fraction of sp³-hybridized carbons (Fsp3) is 0.348. The van der Waals surface area contributed by atoms with Crippen molar-refractivity contribution >= 4 is 21.6 Å². The molecule has 1 aliphatic rings. The van der Waals surface area contributed by atoms with Crippen molar-refractivity contribution in [1.82, 2.24) is 20.0 Å². The summed E-state index contributed by atoms with van der Waals surface area (Å²) in [5, 5.41) is 5.45. The highest BCUT2D eigenvalue weighted by Crippen LogP contribution is 2.34. The van der Waals surface area contributed by atoms with Crippen LogP contribution in [-0.4, -0.2) is 39.7 Å². The standard InChI is InChI=1S/C23H24N4O2S/c1-2-28-19-9-5-3-7-17(19)22-25-21(29-26-22)15-27-13-11-16(12-14-27)23-24-18-8-4-6-10-20(18)30-23/h3-10,16H,2,11-15H2,1H3. The molecule has 5 rings (SSSR count). The van der Waals surface area contributed by atoms with Gasteiger partial charge in [0.2, 0.25) is 11.7 Å². The van der Waals surface area contributed by atoms with E-state index < -0.39 is 0 Å². The molecule has 0 N–H and O–H groups in total. The monoisotopic (exact) mass is 420 g/mol. The summed E-state index contributed by atoms with van der Waals surface area (Å²) in [4.78, 5) is 11.9. The minimum atomic E-state index is 0.537. The van der Waals surface area contributed by atoms with Gasteiger partial charge in [0.1, 0.15) is 5.75 Å². The molecule has 0 radical (unpaired) electrons. The molecule has 2 aromatic heterocycles. The normalized spacial score (nSPS) is 15.6. The first kappa shape index (κ1) is 19.2. The van der Waals surface area contributed by atoms with Crippen LogP contribution in [0.25, 0.3) is 21.6 Å². The number of ether oxygens (including phenoxy) is 1. The van der Waals surface area contributed by atoms with Crippen LogP contribution in [0.1, 0.15) is 36.6 Å². The second-order valence-corrected chi connectivity index (χ2v) is 8.57. The van der Waals surface area contributed by atoms with E-state index >= 15 is 0 Å². The number of aromatic nitrogens is 3. The SMILES string of the molecule is CCOc1ccccc1-c1noc(CN2CCC(c3nc4ccccc4s3)CC2)n1. The van der Waals surface area contributed by atoms with Crippen LogP contribution in [0.2, 0.25) is 0 Å². The lowest BCUT2D eigenvalue weighted by atomic mass is 9.97. The predicted octanol–water partition coefficient (Wildman–Crippen LogP) is 5.12. The maximum atomic E-state index is 5.69. The van der Waals surface area contributed by atoms with Gasteiger partial charge in [-0.2, -0.15) is 4.98 Å². The van der Waals surface area contributed by atoms with Crippen molar-refractivity contribution in [2.24, 2.45) is 0 Å². The average molecular weight is 421 g/mol. The Balaban J connectivity index is 1.22. The first-order valence-corrected chi connectivity index (χ1v) is 11.2. The number of thiazole rings is 1. The highest BCUT2D eigenvalue weighted by Gasteiger charge is 2.25. The lowest BCUT2D eigenvalue weighted by Gasteiger charge is -2.29. The second kappa shape index (κ2) is 8.53. The summed E-state index contributed by atoms with van der Waals surface area (Å²) >= 11 is 1.83. The van der Waals surface area contributed by atoms with Gasteiger partial charge in [-0.25, -0.2) is 4.98 Å². The summed E-state index contributed by atoms with van der Waals surface area (Å²) in [6.45, 7) is 5.26. The van der Waals surface area contributed by atoms with Crippen molar-refractivity contribution in [3.63, 3.8) is 0 Å². The first-order chi connectivity index (χ1) is 14.8. The van der Waals surface area contributed by atoms with Gasteiger partial charge in [0, 0.05) is 5.92 Å². The highest BCUT2D eigenvalue weighted by atomic mass is 32.1. The molecule has 6 nitrogen and oxygen atoms in total. The summed E-state index contributed by atoms with van der Waals surface area (Å²) in [5.41, 5.74) is 1.98. The number of rotatable bonds is 6. The van der Waals surface area contributed by atoms with Crippen LogP contribution in [0.4, 0.5) is 0 Å². The molecule has 0 atom stereocenters. The maximum absolute atomic E-state index is 5.69. The minimum absolute atomic E-state index is 0.537. The number of para-hydroxylation sites is 2. The zero-order valence-electron chi connectivity index (χ0n) is 17.0. The molecule has 3 heterocycles. The Hall–Kier alpha value is -2.77. The van der Waals surface area contributed by atoms with E-state index in [1.54, 1.807) is 0 Å². The first-order valence-electron chi connectivity index (χ1n) is 10.4. The van der Waals surface area contributed by atoms with Gasteiger partial charge in [0.25, 0.3) is 0 Å². The van der Waals surface area contributed by atoms with Gasteiger partial charge in [-0.15, -0.1) is 11.3 Å². The molecule has 0 saturated carbocycles. The van der Waals surface area contributed by atoms with Gasteiger partial charge in [0.05, 0.1) is 33.9 Å². The summed E-state index contributed by atoms with van der Waals surface area (Å²) in [6, 6.07) is 16.2. The molecule has 0 bridgehead atoms. The fourth-order valence-corrected chi connectivity index (χ4v) is 5.09. The van der Waals surface area contributed by atoms with Crippen LogP contribution in [0, 0.1) is 0 Å². The molecular weight excluding hydrogens is 396 g/mol. The van der Waals surface area contributed by atoms with E-state index in [9.17, 15) is 0 Å². The number of piperidine rings is 1. The van der Waals surface area contributed by atoms with Gasteiger partial charge in [0.15, 0.2) is 0 Å². The number of fused-ring (bicyclic) bond motifs is 1. The molecule has 7 heteroatoms. The third kappa shape index (κ3) is 3.95. The van der Waals surface area contributed by atoms with Crippen molar-refractivity contribution in [3.8, 4) is 17.1 Å². The van der Waals surface area contributed by atoms with Gasteiger partial charge >= 0.3 is 0 Å². The molecule has 1 fully saturated rings. The van der Waals surface area contributed by atoms with Crippen LogP contribution in [0.15, 0.2) is 53.1 Å². The van der Waals surface area contributed by atoms with E-state index in [1.807, 2.05) is 42.5 Å². The minimum Gasteiger partial charge on any atom is -0.493 e. The molecule has 30 heavy (non-hydrogen) atoms. The van der Waals surface area contributed by atoms with Crippen LogP contribution >= 0.6 is 11.3 Å². The Morgan fingerprint density at radius 2 is 1.87 bits per heavy atom. The number of hydrogen-bond acceptors (Lipinski definition) is 7. The van der Waals surface area contributed by atoms with E-state index in [0.29, 0.717) is 30.8 Å². The van der Waals surface area contributed by atoms with Crippen LogP contribution in [-0.2, 0) is 6.54 Å². The third-order valence-electron chi connectivity index (χ3n) is 5.50. The Morgan fingerprint density at radius 3 is 2.70 bits per heavy atom. The molecule has 0 spiro atoms. The summed E-state index contributed by atoms with van der Waals surface area (Å²) < 4.78 is 12.5. The topological polar surface area (TPSA) is 64.3 Å². The molecule has 2 aromatic carbocycles.